The number of carbonyl (C=O) groups excluding carboxylic acids is 2. The molecule has 3 aliphatic carbocycles. The maximum atomic E-state index is 12.9. The number of nitrogens with zero attached hydrogens (tertiary/aromatic N) is 4. The molecule has 1 amide bonds. The van der Waals surface area contributed by atoms with E-state index in [-0.39, 0.29) is 35.3 Å². The molecule has 0 radical (unpaired) electrons. The summed E-state index contributed by atoms with van der Waals surface area (Å²) in [4.78, 5) is 38.3. The Hall–Kier alpha value is -2.26. The van der Waals surface area contributed by atoms with Crippen molar-refractivity contribution < 1.29 is 19.1 Å². The van der Waals surface area contributed by atoms with E-state index in [1.165, 1.54) is 12.8 Å². The minimum absolute atomic E-state index is 0.0474. The smallest absolute Gasteiger partial charge is 0.312 e. The van der Waals surface area contributed by atoms with Gasteiger partial charge in [0.1, 0.15) is 6.61 Å². The molecule has 2 heterocycles. The lowest BCUT2D eigenvalue weighted by atomic mass is 9.61. The molecule has 1 unspecified atom stereocenters. The van der Waals surface area contributed by atoms with Crippen molar-refractivity contribution in [1.29, 1.82) is 0 Å². The molecule has 2 aromatic rings. The predicted molar refractivity (Wildman–Crippen MR) is 142 cm³/mol. The molecule has 9 nitrogen and oxygen atoms in total. The van der Waals surface area contributed by atoms with Crippen LogP contribution in [0.1, 0.15) is 90.4 Å². The summed E-state index contributed by atoms with van der Waals surface area (Å²) in [6, 6.07) is 0. The number of nitrogens with one attached hydrogen (secondary N) is 1. The molecule has 5 rings (SSSR count). The number of hydrogen-bond acceptors (Lipinski definition) is 7. The quantitative estimate of drug-likeness (QED) is 0.188. The molecule has 37 heavy (non-hydrogen) atoms. The van der Waals surface area contributed by atoms with Gasteiger partial charge in [-0.25, -0.2) is 4.98 Å². The number of hydrogen-bond donors (Lipinski definition) is 1. The molecule has 1 N–H and O–H groups in total. The van der Waals surface area contributed by atoms with Gasteiger partial charge in [0.2, 0.25) is 11.2 Å². The van der Waals surface area contributed by atoms with Crippen molar-refractivity contribution in [2.45, 2.75) is 103 Å². The van der Waals surface area contributed by atoms with E-state index in [0.717, 1.165) is 63.7 Å². The first kappa shape index (κ1) is 27.8. The summed E-state index contributed by atoms with van der Waals surface area (Å²) < 4.78 is 13.2. The molecule has 1 atom stereocenters. The highest BCUT2D eigenvalue weighted by Gasteiger charge is 2.47. The van der Waals surface area contributed by atoms with E-state index in [1.54, 1.807) is 13.4 Å². The van der Waals surface area contributed by atoms with Crippen LogP contribution in [0.2, 0.25) is 5.28 Å². The zero-order valence-electron chi connectivity index (χ0n) is 22.1. The Morgan fingerprint density at radius 3 is 2.59 bits per heavy atom. The largest absolute Gasteiger partial charge is 0.463 e. The lowest BCUT2D eigenvalue weighted by Gasteiger charge is -2.44. The van der Waals surface area contributed by atoms with E-state index in [0.29, 0.717) is 36.4 Å². The van der Waals surface area contributed by atoms with Crippen LogP contribution >= 0.6 is 11.6 Å². The van der Waals surface area contributed by atoms with Crippen molar-refractivity contribution in [3.8, 4) is 0 Å². The number of amides is 1. The van der Waals surface area contributed by atoms with Crippen molar-refractivity contribution in [3.63, 3.8) is 0 Å². The van der Waals surface area contributed by atoms with Gasteiger partial charge in [0, 0.05) is 20.1 Å². The van der Waals surface area contributed by atoms with Gasteiger partial charge in [-0.3, -0.25) is 9.59 Å². The first-order chi connectivity index (χ1) is 17.9. The van der Waals surface area contributed by atoms with Crippen LogP contribution in [-0.2, 0) is 25.6 Å². The number of ether oxygens (including phenoxy) is 2. The molecule has 0 aliphatic heterocycles. The number of carbonyl (C=O) groups is 2. The fraction of sp³-hybridized carbons (Fsp3) is 0.741. The van der Waals surface area contributed by atoms with Gasteiger partial charge in [0.25, 0.3) is 0 Å². The van der Waals surface area contributed by atoms with Crippen molar-refractivity contribution in [2.24, 2.45) is 11.3 Å². The first-order valence-corrected chi connectivity index (χ1v) is 14.2. The number of rotatable bonds is 14. The van der Waals surface area contributed by atoms with Gasteiger partial charge < -0.3 is 19.4 Å². The number of imidazole rings is 1. The van der Waals surface area contributed by atoms with Crippen LogP contribution in [0.5, 0.6) is 0 Å². The van der Waals surface area contributed by atoms with Crippen LogP contribution in [0.15, 0.2) is 6.33 Å². The number of anilines is 1. The zero-order valence-corrected chi connectivity index (χ0v) is 22.9. The van der Waals surface area contributed by atoms with Crippen molar-refractivity contribution in [1.82, 2.24) is 19.5 Å². The highest BCUT2D eigenvalue weighted by atomic mass is 35.5. The fourth-order valence-electron chi connectivity index (χ4n) is 5.68. The van der Waals surface area contributed by atoms with Gasteiger partial charge in [-0.1, -0.05) is 32.6 Å². The van der Waals surface area contributed by atoms with Crippen LogP contribution in [0.4, 0.5) is 5.82 Å². The highest BCUT2D eigenvalue weighted by molar-refractivity contribution is 6.28. The number of halogens is 1. The van der Waals surface area contributed by atoms with Gasteiger partial charge in [0.15, 0.2) is 17.0 Å². The van der Waals surface area contributed by atoms with Gasteiger partial charge in [-0.05, 0) is 68.9 Å². The number of fused-ring (bicyclic) bond motifs is 4. The lowest BCUT2D eigenvalue weighted by Crippen LogP contribution is -2.42. The average Bonchev–Trinajstić information content (AvgIpc) is 3.32. The predicted octanol–water partition coefficient (Wildman–Crippen LogP) is 5.70. The van der Waals surface area contributed by atoms with E-state index in [1.807, 2.05) is 4.57 Å². The number of unbranched alkanes of at least 4 members (excludes halogenated alkanes) is 4. The Kier molecular flexibility index (Phi) is 9.76. The topological polar surface area (TPSA) is 108 Å². The monoisotopic (exact) mass is 533 g/mol. The number of aromatic nitrogens is 4. The minimum Gasteiger partial charge on any atom is -0.463 e. The summed E-state index contributed by atoms with van der Waals surface area (Å²) in [5, 5.41) is 2.90. The van der Waals surface area contributed by atoms with Gasteiger partial charge in [-0.2, -0.15) is 9.97 Å². The van der Waals surface area contributed by atoms with Crippen LogP contribution in [0, 0.1) is 11.3 Å². The van der Waals surface area contributed by atoms with Crippen LogP contribution in [-0.4, -0.2) is 51.2 Å². The Labute approximate surface area is 224 Å². The Bertz CT molecular complexity index is 1050. The van der Waals surface area contributed by atoms with E-state index >= 15 is 0 Å². The second-order valence-corrected chi connectivity index (χ2v) is 11.0. The van der Waals surface area contributed by atoms with E-state index in [4.69, 9.17) is 21.1 Å². The fourth-order valence-corrected chi connectivity index (χ4v) is 5.85. The second kappa shape index (κ2) is 13.0. The Balaban J connectivity index is 1.31. The molecule has 3 aliphatic rings. The molecule has 0 spiro atoms. The highest BCUT2D eigenvalue weighted by Crippen LogP contribution is 2.50. The summed E-state index contributed by atoms with van der Waals surface area (Å²) >= 11 is 6.18. The van der Waals surface area contributed by atoms with Crippen LogP contribution in [0.3, 0.4) is 0 Å². The van der Waals surface area contributed by atoms with E-state index in [2.05, 4.69) is 27.2 Å². The third-order valence-electron chi connectivity index (χ3n) is 8.15. The normalized spacial score (nSPS) is 21.8. The summed E-state index contributed by atoms with van der Waals surface area (Å²) in [6.07, 6.45) is 14.1. The first-order valence-electron chi connectivity index (χ1n) is 13.8. The number of aryl methyl sites for hydroxylation is 1. The van der Waals surface area contributed by atoms with Crippen molar-refractivity contribution >= 4 is 40.5 Å². The van der Waals surface area contributed by atoms with Gasteiger partial charge in [-0.15, -0.1) is 0 Å². The third kappa shape index (κ3) is 6.99. The standard InChI is InChI=1S/C27H40ClN5O4/c1-3-4-5-6-7-8-21(34)30-23-22-24(32-26(28)31-23)33(18-29-22)16-12-20(36-2)17-37-25(35)27-13-9-19(10-14-27)11-15-27/h18-20H,3-17H2,1-2H3,(H,30,31,32,34). The zero-order chi connectivity index (χ0) is 26.3. The maximum Gasteiger partial charge on any atom is 0.312 e. The van der Waals surface area contributed by atoms with Crippen LogP contribution in [0.25, 0.3) is 11.2 Å². The number of methoxy groups -OCH3 is 1. The molecule has 10 heteroatoms. The second-order valence-electron chi connectivity index (χ2n) is 10.7. The molecule has 2 aromatic heterocycles. The van der Waals surface area contributed by atoms with Crippen molar-refractivity contribution in [2.75, 3.05) is 19.0 Å². The molecular weight excluding hydrogens is 494 g/mol. The third-order valence-corrected chi connectivity index (χ3v) is 8.32. The lowest BCUT2D eigenvalue weighted by molar-refractivity contribution is -0.166. The Morgan fingerprint density at radius 1 is 1.16 bits per heavy atom. The molecule has 2 bridgehead atoms. The van der Waals surface area contributed by atoms with Crippen LogP contribution < -0.4 is 5.32 Å². The molecule has 204 valence electrons. The average molecular weight is 534 g/mol. The van der Waals surface area contributed by atoms with E-state index < -0.39 is 0 Å². The maximum absolute atomic E-state index is 12.9. The summed E-state index contributed by atoms with van der Waals surface area (Å²) in [5.41, 5.74) is 0.761. The Morgan fingerprint density at radius 2 is 1.89 bits per heavy atom. The molecule has 3 fully saturated rings. The van der Waals surface area contributed by atoms with Gasteiger partial charge in [0.05, 0.1) is 17.8 Å². The molecule has 3 saturated carbocycles. The van der Waals surface area contributed by atoms with Crippen molar-refractivity contribution in [3.05, 3.63) is 11.6 Å². The molecular formula is C27H40ClN5O4. The molecule has 0 saturated heterocycles. The summed E-state index contributed by atoms with van der Waals surface area (Å²) in [6.45, 7) is 2.93. The summed E-state index contributed by atoms with van der Waals surface area (Å²) in [7, 11) is 1.63. The minimum atomic E-state index is -0.280. The number of esters is 1. The van der Waals surface area contributed by atoms with Gasteiger partial charge >= 0.3 is 5.97 Å². The molecule has 0 aromatic carbocycles. The summed E-state index contributed by atoms with van der Waals surface area (Å²) in [5.74, 6) is 0.958. The van der Waals surface area contributed by atoms with E-state index in [9.17, 15) is 9.59 Å². The SMILES string of the molecule is CCCCCCCC(=O)Nc1nc(Cl)nc2c1ncn2CCC(COC(=O)C12CCC(CC1)CC2)OC.